The fourth-order valence-corrected chi connectivity index (χ4v) is 10.8. The third-order valence-corrected chi connectivity index (χ3v) is 13.9. The molecule has 2 N–H and O–H groups in total. The monoisotopic (exact) mass is 952 g/mol. The van der Waals surface area contributed by atoms with Crippen molar-refractivity contribution in [3.63, 3.8) is 0 Å². The fraction of sp³-hybridized carbons (Fsp3) is 0.404. The van der Waals surface area contributed by atoms with E-state index in [1.54, 1.807) is 11.0 Å². The van der Waals surface area contributed by atoms with E-state index in [2.05, 4.69) is 36.9 Å². The number of rotatable bonds is 23. The van der Waals surface area contributed by atoms with Gasteiger partial charge in [-0.05, 0) is 114 Å². The summed E-state index contributed by atoms with van der Waals surface area (Å²) in [6.45, 7) is 7.35. The van der Waals surface area contributed by atoms with Crippen LogP contribution in [0.5, 0.6) is 28.7 Å². The molecular formula is C57H64N2O11. The molecule has 13 heteroatoms. The van der Waals surface area contributed by atoms with Crippen LogP contribution in [0.25, 0.3) is 10.8 Å². The van der Waals surface area contributed by atoms with Crippen molar-refractivity contribution >= 4 is 22.6 Å². The molecule has 2 heterocycles. The molecule has 4 aliphatic rings. The molecule has 13 nitrogen and oxygen atoms in total. The van der Waals surface area contributed by atoms with E-state index >= 15 is 4.79 Å². The zero-order valence-electron chi connectivity index (χ0n) is 39.9. The first kappa shape index (κ1) is 48.6. The van der Waals surface area contributed by atoms with Gasteiger partial charge in [0.1, 0.15) is 36.5 Å². The van der Waals surface area contributed by atoms with Gasteiger partial charge in [-0.1, -0.05) is 96.9 Å². The Bertz CT molecular complexity index is 2640. The Morgan fingerprint density at radius 3 is 2.40 bits per heavy atom. The van der Waals surface area contributed by atoms with Crippen LogP contribution in [-0.4, -0.2) is 85.2 Å². The number of allylic oxidation sites excluding steroid dienone is 1. The summed E-state index contributed by atoms with van der Waals surface area (Å²) in [5, 5.41) is 27.1. The largest absolute Gasteiger partial charge is 0.459 e. The third kappa shape index (κ3) is 10.7. The molecule has 2 aliphatic heterocycles. The van der Waals surface area contributed by atoms with Crippen LogP contribution in [0.4, 0.5) is 4.79 Å². The van der Waals surface area contributed by atoms with Crippen LogP contribution < -0.4 is 18.9 Å². The van der Waals surface area contributed by atoms with Crippen molar-refractivity contribution in [2.45, 2.75) is 82.8 Å². The molecule has 5 aromatic carbocycles. The summed E-state index contributed by atoms with van der Waals surface area (Å²) >= 11 is 0. The van der Waals surface area contributed by atoms with Gasteiger partial charge in [-0.3, -0.25) is 4.90 Å². The van der Waals surface area contributed by atoms with Crippen molar-refractivity contribution < 1.29 is 53.0 Å². The standard InChI is InChI=1S/C57H64N2O11/c1-3-28-67-57-53(59(36-40-20-24-51-52(31-40)66-38-65-51)56(62)64-30-29-63-37-39-14-6-5-7-15-39)35-49(58-68-4-2)47-33-43(18-10-12-26-60)46(19-11-13-27-61)54(55(47)57)48-34-45(23-25-50(48)70-57)69-44-22-21-41-16-8-9-17-42(41)32-44/h3,5-9,14-17,20-25,31-34,43,46,53-55,60-61H,1,4,10-13,18-19,26-30,35-38H2,2H3. The van der Waals surface area contributed by atoms with Crippen LogP contribution in [0, 0.1) is 17.8 Å². The minimum Gasteiger partial charge on any atom is -0.459 e. The predicted octanol–water partition coefficient (Wildman–Crippen LogP) is 10.9. The highest BCUT2D eigenvalue weighted by Crippen LogP contribution is 2.62. The lowest BCUT2D eigenvalue weighted by molar-refractivity contribution is -0.256. The Hall–Kier alpha value is -6.38. The summed E-state index contributed by atoms with van der Waals surface area (Å²) < 4.78 is 45.0. The van der Waals surface area contributed by atoms with Gasteiger partial charge in [0.15, 0.2) is 11.5 Å². The number of nitrogens with zero attached hydrogens (tertiary/aromatic N) is 2. The van der Waals surface area contributed by atoms with Crippen LogP contribution >= 0.6 is 0 Å². The number of hydrogen-bond acceptors (Lipinski definition) is 12. The molecule has 2 aliphatic carbocycles. The normalized spacial score (nSPS) is 22.4. The van der Waals surface area contributed by atoms with Gasteiger partial charge in [0.25, 0.3) is 0 Å². The van der Waals surface area contributed by atoms with E-state index in [0.717, 1.165) is 58.7 Å². The van der Waals surface area contributed by atoms with Gasteiger partial charge in [-0.15, -0.1) is 6.58 Å². The Morgan fingerprint density at radius 2 is 1.59 bits per heavy atom. The number of benzene rings is 5. The first-order valence-corrected chi connectivity index (χ1v) is 24.7. The zero-order chi connectivity index (χ0) is 48.3. The Morgan fingerprint density at radius 1 is 0.829 bits per heavy atom. The zero-order valence-corrected chi connectivity index (χ0v) is 39.9. The van der Waals surface area contributed by atoms with Crippen molar-refractivity contribution in [3.05, 3.63) is 150 Å². The van der Waals surface area contributed by atoms with E-state index in [4.69, 9.17) is 43.2 Å². The molecule has 1 amide bonds. The first-order valence-electron chi connectivity index (χ1n) is 24.7. The minimum absolute atomic E-state index is 0.000232. The van der Waals surface area contributed by atoms with Crippen molar-refractivity contribution in [2.75, 3.05) is 46.4 Å². The lowest BCUT2D eigenvalue weighted by Gasteiger charge is -2.59. The average molecular weight is 953 g/mol. The second kappa shape index (κ2) is 23.0. The van der Waals surface area contributed by atoms with Crippen LogP contribution in [-0.2, 0) is 32.2 Å². The van der Waals surface area contributed by atoms with E-state index in [9.17, 15) is 10.2 Å². The van der Waals surface area contributed by atoms with Gasteiger partial charge in [0.05, 0.1) is 31.5 Å². The van der Waals surface area contributed by atoms with E-state index in [1.807, 2.05) is 91.9 Å². The quantitative estimate of drug-likeness (QED) is 0.0366. The Kier molecular flexibility index (Phi) is 16.0. The topological polar surface area (TPSA) is 147 Å². The molecule has 0 spiro atoms. The maximum absolute atomic E-state index is 15.1. The van der Waals surface area contributed by atoms with Crippen molar-refractivity contribution in [1.82, 2.24) is 4.90 Å². The highest BCUT2D eigenvalue weighted by atomic mass is 16.7. The van der Waals surface area contributed by atoms with E-state index in [-0.39, 0.29) is 70.5 Å². The summed E-state index contributed by atoms with van der Waals surface area (Å²) in [5.74, 6) is 0.970. The van der Waals surface area contributed by atoms with Gasteiger partial charge in [0.2, 0.25) is 12.6 Å². The van der Waals surface area contributed by atoms with Crippen molar-refractivity contribution in [2.24, 2.45) is 22.9 Å². The van der Waals surface area contributed by atoms with Crippen molar-refractivity contribution in [1.29, 1.82) is 0 Å². The van der Waals surface area contributed by atoms with Gasteiger partial charge < -0.3 is 48.2 Å². The van der Waals surface area contributed by atoms with E-state index < -0.39 is 23.8 Å². The molecule has 70 heavy (non-hydrogen) atoms. The Balaban J connectivity index is 1.17. The SMILES string of the molecule is C=CCOC12Oc3ccc(Oc4ccc5ccccc5c4)cc3C3C(CCCCO)C(CCCCO)C=C(C(=NOCC)CC1N(Cc1ccc4c(c1)OCO4)C(=O)OCCOCc1ccccc1)C32. The number of unbranched alkanes of at least 4 members (excludes halogenated alkanes) is 2. The van der Waals surface area contributed by atoms with Crippen LogP contribution in [0.3, 0.4) is 0 Å². The predicted molar refractivity (Wildman–Crippen MR) is 266 cm³/mol. The second-order valence-electron chi connectivity index (χ2n) is 18.3. The number of carbonyl (C=O) groups is 1. The van der Waals surface area contributed by atoms with Gasteiger partial charge in [-0.25, -0.2) is 4.79 Å². The molecule has 368 valence electrons. The minimum atomic E-state index is -1.51. The molecule has 6 unspecified atom stereocenters. The van der Waals surface area contributed by atoms with E-state index in [0.29, 0.717) is 60.5 Å². The van der Waals surface area contributed by atoms with Gasteiger partial charge in [0, 0.05) is 37.7 Å². The van der Waals surface area contributed by atoms with Crippen LogP contribution in [0.1, 0.15) is 74.5 Å². The van der Waals surface area contributed by atoms with Crippen molar-refractivity contribution in [3.8, 4) is 28.7 Å². The number of ether oxygens (including phenoxy) is 7. The fourth-order valence-electron chi connectivity index (χ4n) is 10.8. The highest BCUT2D eigenvalue weighted by Gasteiger charge is 2.65. The number of aliphatic hydroxyl groups excluding tert-OH is 2. The molecule has 9 rings (SSSR count). The van der Waals surface area contributed by atoms with Gasteiger partial charge >= 0.3 is 6.09 Å². The number of amides is 1. The number of oxime groups is 1. The number of carbonyl (C=O) groups excluding carboxylic acids is 1. The van der Waals surface area contributed by atoms with Crippen LogP contribution in [0.15, 0.2) is 139 Å². The summed E-state index contributed by atoms with van der Waals surface area (Å²) in [6, 6.07) is 34.9. The number of hydrogen-bond donors (Lipinski definition) is 2. The summed E-state index contributed by atoms with van der Waals surface area (Å²) in [4.78, 5) is 22.7. The molecule has 0 bridgehead atoms. The number of fused-ring (bicyclic) bond motifs is 4. The molecular weight excluding hydrogens is 889 g/mol. The number of aliphatic hydroxyl groups is 2. The highest BCUT2D eigenvalue weighted by molar-refractivity contribution is 6.03. The summed E-state index contributed by atoms with van der Waals surface area (Å²) in [6.07, 6.45) is 8.17. The lowest BCUT2D eigenvalue weighted by atomic mass is 9.55. The van der Waals surface area contributed by atoms with E-state index in [1.165, 1.54) is 0 Å². The summed E-state index contributed by atoms with van der Waals surface area (Å²) in [7, 11) is 0. The smallest absolute Gasteiger partial charge is 0.410 e. The molecule has 0 radical (unpaired) electrons. The molecule has 1 saturated carbocycles. The maximum Gasteiger partial charge on any atom is 0.410 e. The average Bonchev–Trinajstić information content (AvgIpc) is 3.86. The molecule has 0 saturated heterocycles. The third-order valence-electron chi connectivity index (χ3n) is 13.9. The maximum atomic E-state index is 15.1. The molecule has 1 fully saturated rings. The summed E-state index contributed by atoms with van der Waals surface area (Å²) in [5.41, 5.74) is 4.36. The molecule has 0 aromatic heterocycles. The Labute approximate surface area is 410 Å². The van der Waals surface area contributed by atoms with Gasteiger partial charge in [-0.2, -0.15) is 0 Å². The lowest BCUT2D eigenvalue weighted by Crippen LogP contribution is -2.70. The first-order chi connectivity index (χ1) is 34.4. The second-order valence-corrected chi connectivity index (χ2v) is 18.3. The van der Waals surface area contributed by atoms with Crippen LogP contribution in [0.2, 0.25) is 0 Å². The molecule has 6 atom stereocenters. The molecule has 5 aromatic rings.